The van der Waals surface area contributed by atoms with Crippen LogP contribution in [0.25, 0.3) is 23.1 Å². The first kappa shape index (κ1) is 18.9. The lowest BCUT2D eigenvalue weighted by atomic mass is 9.82. The Labute approximate surface area is 176 Å². The van der Waals surface area contributed by atoms with Crippen molar-refractivity contribution in [2.45, 2.75) is 19.8 Å². The minimum absolute atomic E-state index is 0.0227. The number of fused-ring (bicyclic) bond motifs is 3. The van der Waals surface area contributed by atoms with Crippen molar-refractivity contribution in [1.29, 1.82) is 0 Å². The van der Waals surface area contributed by atoms with E-state index in [4.69, 9.17) is 0 Å². The van der Waals surface area contributed by atoms with Crippen LogP contribution in [0.5, 0.6) is 0 Å². The van der Waals surface area contributed by atoms with Gasteiger partial charge in [0, 0.05) is 29.9 Å². The van der Waals surface area contributed by atoms with Gasteiger partial charge in [-0.25, -0.2) is 9.97 Å². The molecule has 3 aromatic heterocycles. The van der Waals surface area contributed by atoms with Gasteiger partial charge in [-0.15, -0.1) is 0 Å². The van der Waals surface area contributed by atoms with Gasteiger partial charge < -0.3 is 0 Å². The van der Waals surface area contributed by atoms with Crippen molar-refractivity contribution in [3.8, 4) is 5.95 Å². The topological polar surface area (TPSA) is 113 Å². The van der Waals surface area contributed by atoms with Crippen molar-refractivity contribution in [3.63, 3.8) is 0 Å². The summed E-state index contributed by atoms with van der Waals surface area (Å²) in [5.74, 6) is 0.0301. The summed E-state index contributed by atoms with van der Waals surface area (Å²) in [6.45, 7) is 1.68. The van der Waals surface area contributed by atoms with Crippen LogP contribution in [-0.4, -0.2) is 30.5 Å². The maximum Gasteiger partial charge on any atom is 0.283 e. The number of aromatic amines is 2. The summed E-state index contributed by atoms with van der Waals surface area (Å²) in [6, 6.07) is 11.2. The Bertz CT molecular complexity index is 1460. The molecule has 0 spiro atoms. The number of rotatable bonds is 3. The molecule has 154 valence electrons. The number of H-pyrrole nitrogens is 2. The Balaban J connectivity index is 1.60. The second-order valence-electron chi connectivity index (χ2n) is 7.70. The smallest absolute Gasteiger partial charge is 0.283 e. The van der Waals surface area contributed by atoms with Crippen LogP contribution in [0.1, 0.15) is 33.6 Å². The zero-order valence-corrected chi connectivity index (χ0v) is 16.8. The molecular weight excluding hydrogens is 394 g/mol. The first-order valence-electron chi connectivity index (χ1n) is 9.97. The second-order valence-corrected chi connectivity index (χ2v) is 7.70. The van der Waals surface area contributed by atoms with Crippen LogP contribution in [0, 0.1) is 12.8 Å². The Hall–Kier alpha value is -4.07. The number of aryl methyl sites for hydroxylation is 1. The van der Waals surface area contributed by atoms with E-state index in [1.807, 2.05) is 42.5 Å². The van der Waals surface area contributed by atoms with E-state index in [9.17, 15) is 14.4 Å². The number of ketones is 1. The lowest BCUT2D eigenvalue weighted by molar-refractivity contribution is 0.0959. The molecule has 0 saturated heterocycles. The van der Waals surface area contributed by atoms with Crippen molar-refractivity contribution in [2.24, 2.45) is 5.92 Å². The molecule has 3 heterocycles. The van der Waals surface area contributed by atoms with E-state index >= 15 is 0 Å². The molecule has 0 saturated carbocycles. The summed E-state index contributed by atoms with van der Waals surface area (Å²) in [4.78, 5) is 48.9. The predicted molar refractivity (Wildman–Crippen MR) is 116 cm³/mol. The Kier molecular flexibility index (Phi) is 4.47. The summed E-state index contributed by atoms with van der Waals surface area (Å²) >= 11 is 0. The summed E-state index contributed by atoms with van der Waals surface area (Å²) in [6.07, 6.45) is 6.46. The van der Waals surface area contributed by atoms with Crippen molar-refractivity contribution in [1.82, 2.24) is 24.7 Å². The van der Waals surface area contributed by atoms with Gasteiger partial charge in [-0.05, 0) is 30.4 Å². The second kappa shape index (κ2) is 7.32. The molecule has 0 bridgehead atoms. The maximum absolute atomic E-state index is 13.2. The average molecular weight is 413 g/mol. The highest BCUT2D eigenvalue weighted by Crippen LogP contribution is 2.30. The number of carbonyl (C=O) groups is 1. The van der Waals surface area contributed by atoms with Gasteiger partial charge in [0.1, 0.15) is 0 Å². The Morgan fingerprint density at radius 1 is 1.13 bits per heavy atom. The first-order chi connectivity index (χ1) is 15.0. The van der Waals surface area contributed by atoms with Crippen molar-refractivity contribution in [3.05, 3.63) is 91.8 Å². The van der Waals surface area contributed by atoms with Crippen molar-refractivity contribution in [2.75, 3.05) is 0 Å². The van der Waals surface area contributed by atoms with Crippen LogP contribution in [0.2, 0.25) is 0 Å². The molecule has 1 aromatic carbocycles. The number of hydrogen-bond acceptors (Lipinski definition) is 5. The van der Waals surface area contributed by atoms with Crippen molar-refractivity contribution < 1.29 is 4.79 Å². The molecule has 0 aliphatic heterocycles. The highest BCUT2D eigenvalue weighted by Gasteiger charge is 2.28. The average Bonchev–Trinajstić information content (AvgIpc) is 3.09. The van der Waals surface area contributed by atoms with Gasteiger partial charge in [-0.1, -0.05) is 42.5 Å². The van der Waals surface area contributed by atoms with E-state index in [0.717, 1.165) is 5.56 Å². The number of Topliss-reactive ketones (excluding diaryl/α,β-unsaturated/α-hetero) is 1. The highest BCUT2D eigenvalue weighted by atomic mass is 16.1. The zero-order chi connectivity index (χ0) is 21.5. The first-order valence-corrected chi connectivity index (χ1v) is 9.97. The molecule has 8 heteroatoms. The number of carbonyl (C=O) groups excluding carboxylic acids is 1. The fraction of sp³-hybridized carbons (Fsp3) is 0.174. The molecule has 1 aliphatic rings. The molecular formula is C23H19N5O3. The van der Waals surface area contributed by atoms with Gasteiger partial charge in [0.25, 0.3) is 11.1 Å². The van der Waals surface area contributed by atoms with Gasteiger partial charge >= 0.3 is 0 Å². The Morgan fingerprint density at radius 3 is 2.71 bits per heavy atom. The molecule has 4 aromatic rings. The lowest BCUT2D eigenvalue weighted by Gasteiger charge is -2.21. The van der Waals surface area contributed by atoms with Crippen LogP contribution in [0.3, 0.4) is 0 Å². The fourth-order valence-corrected chi connectivity index (χ4v) is 4.03. The van der Waals surface area contributed by atoms with Gasteiger partial charge in [0.2, 0.25) is 5.95 Å². The number of benzene rings is 1. The molecule has 31 heavy (non-hydrogen) atoms. The van der Waals surface area contributed by atoms with Crippen molar-refractivity contribution >= 4 is 22.9 Å². The minimum Gasteiger partial charge on any atom is -0.294 e. The van der Waals surface area contributed by atoms with E-state index in [1.165, 1.54) is 16.9 Å². The number of aromatic nitrogens is 5. The number of allylic oxidation sites excluding steroid dienone is 1. The number of nitrogens with one attached hydrogen (secondary N) is 2. The third-order valence-corrected chi connectivity index (χ3v) is 5.46. The lowest BCUT2D eigenvalue weighted by Crippen LogP contribution is -2.24. The molecule has 0 amide bonds. The normalized spacial score (nSPS) is 16.2. The third-order valence-electron chi connectivity index (χ3n) is 5.46. The monoisotopic (exact) mass is 413 g/mol. The van der Waals surface area contributed by atoms with Crippen LogP contribution < -0.4 is 11.1 Å². The minimum atomic E-state index is -0.395. The van der Waals surface area contributed by atoms with Crippen LogP contribution >= 0.6 is 0 Å². The van der Waals surface area contributed by atoms with E-state index in [-0.39, 0.29) is 23.2 Å². The van der Waals surface area contributed by atoms with E-state index in [0.29, 0.717) is 40.7 Å². The Morgan fingerprint density at radius 2 is 1.94 bits per heavy atom. The molecule has 8 nitrogen and oxygen atoms in total. The van der Waals surface area contributed by atoms with E-state index < -0.39 is 5.56 Å². The van der Waals surface area contributed by atoms with Gasteiger partial charge in [-0.2, -0.15) is 4.68 Å². The van der Waals surface area contributed by atoms with Crippen LogP contribution in [0.15, 0.2) is 58.3 Å². The summed E-state index contributed by atoms with van der Waals surface area (Å²) in [7, 11) is 0. The van der Waals surface area contributed by atoms with E-state index in [1.54, 1.807) is 6.92 Å². The molecule has 0 radical (unpaired) electrons. The number of hydrogen-bond donors (Lipinski definition) is 2. The number of nitrogens with zero attached hydrogens (tertiary/aromatic N) is 3. The quantitative estimate of drug-likeness (QED) is 0.536. The van der Waals surface area contributed by atoms with Gasteiger partial charge in [0.15, 0.2) is 11.4 Å². The molecule has 2 N–H and O–H groups in total. The van der Waals surface area contributed by atoms with E-state index in [2.05, 4.69) is 20.1 Å². The zero-order valence-electron chi connectivity index (χ0n) is 16.8. The summed E-state index contributed by atoms with van der Waals surface area (Å²) < 4.78 is 1.17. The van der Waals surface area contributed by atoms with Gasteiger partial charge in [0.05, 0.1) is 5.39 Å². The highest BCUT2D eigenvalue weighted by molar-refractivity contribution is 6.02. The maximum atomic E-state index is 13.2. The molecule has 1 aliphatic carbocycles. The van der Waals surface area contributed by atoms with Crippen LogP contribution in [0.4, 0.5) is 0 Å². The number of pyridine rings is 1. The molecule has 1 atom stereocenters. The molecule has 0 fully saturated rings. The fourth-order valence-electron chi connectivity index (χ4n) is 4.03. The largest absolute Gasteiger partial charge is 0.294 e. The molecule has 1 unspecified atom stereocenters. The summed E-state index contributed by atoms with van der Waals surface area (Å²) in [5.41, 5.74) is 2.30. The van der Waals surface area contributed by atoms with Crippen LogP contribution in [-0.2, 0) is 6.42 Å². The summed E-state index contributed by atoms with van der Waals surface area (Å²) in [5, 5.41) is 3.26. The predicted octanol–water partition coefficient (Wildman–Crippen LogP) is 2.56. The third kappa shape index (κ3) is 3.42. The van der Waals surface area contributed by atoms with Gasteiger partial charge in [-0.3, -0.25) is 24.5 Å². The SMILES string of the molecule is Cc1cc(=O)[nH]c(-n2[nH]c3ncc4c(c3c2=O)CC(/C=C/c2ccccc2)CC4=O)n1. The standard InChI is InChI=1S/C23H19N5O3/c1-13-9-19(30)26-23(25-13)28-22(31)20-16-10-15(8-7-14-5-3-2-4-6-14)11-18(29)17(16)12-24-21(20)27-28/h2-9,12,15H,10-11H2,1H3,(H,24,27)(H,25,26,30)/b8-7+. The molecule has 5 rings (SSSR count).